The van der Waals surface area contributed by atoms with Crippen molar-refractivity contribution in [1.82, 2.24) is 4.90 Å². The first kappa shape index (κ1) is 22.0. The van der Waals surface area contributed by atoms with Gasteiger partial charge in [-0.2, -0.15) is 5.10 Å². The van der Waals surface area contributed by atoms with Crippen LogP contribution in [0.5, 0.6) is 0 Å². The van der Waals surface area contributed by atoms with Crippen LogP contribution in [-0.2, 0) is 6.54 Å². The van der Waals surface area contributed by atoms with Gasteiger partial charge in [0, 0.05) is 23.9 Å². The van der Waals surface area contributed by atoms with Crippen LogP contribution in [0.2, 0.25) is 0 Å². The summed E-state index contributed by atoms with van der Waals surface area (Å²) < 4.78 is 0. The summed E-state index contributed by atoms with van der Waals surface area (Å²) in [4.78, 5) is 3.49. The maximum Gasteiger partial charge on any atom is 0.0648 e. The zero-order chi connectivity index (χ0) is 19.5. The van der Waals surface area contributed by atoms with E-state index in [2.05, 4.69) is 93.2 Å². The third-order valence-corrected chi connectivity index (χ3v) is 4.50. The first-order chi connectivity index (χ1) is 12.4. The van der Waals surface area contributed by atoms with Gasteiger partial charge in [-0.25, -0.2) is 5.01 Å². The number of benzene rings is 2. The third kappa shape index (κ3) is 7.46. The van der Waals surface area contributed by atoms with Gasteiger partial charge in [0.05, 0.1) is 5.69 Å². The highest BCUT2D eigenvalue weighted by Crippen LogP contribution is 2.20. The Labute approximate surface area is 163 Å². The lowest BCUT2D eigenvalue weighted by Crippen LogP contribution is -2.13. The maximum atomic E-state index is 4.24. The fourth-order valence-corrected chi connectivity index (χ4v) is 2.74. The Hall–Kier alpha value is -2.04. The number of thioether (sulfide) groups is 1. The van der Waals surface area contributed by atoms with Crippen molar-refractivity contribution in [3.05, 3.63) is 71.9 Å². The third-order valence-electron chi connectivity index (χ3n) is 3.75. The molecule has 0 fully saturated rings. The highest BCUT2D eigenvalue weighted by Gasteiger charge is 2.05. The summed E-state index contributed by atoms with van der Waals surface area (Å²) in [6.07, 6.45) is 5.56. The number of rotatable bonds is 6. The van der Waals surface area contributed by atoms with Gasteiger partial charge >= 0.3 is 0 Å². The minimum absolute atomic E-state index is 0.931. The van der Waals surface area contributed by atoms with Gasteiger partial charge in [0.15, 0.2) is 0 Å². The fraction of sp³-hybridized carbons (Fsp3) is 0.318. The lowest BCUT2D eigenvalue weighted by molar-refractivity contribution is 0.401. The van der Waals surface area contributed by atoms with Gasteiger partial charge in [-0.05, 0) is 76.5 Å². The number of hydrogen-bond acceptors (Lipinski definition) is 4. The number of aryl methyl sites for hydroxylation is 2. The van der Waals surface area contributed by atoms with E-state index in [9.17, 15) is 0 Å². The van der Waals surface area contributed by atoms with E-state index in [1.807, 2.05) is 6.92 Å². The molecule has 2 aromatic rings. The lowest BCUT2D eigenvalue weighted by atomic mass is 10.1. The molecule has 140 valence electrons. The molecule has 26 heavy (non-hydrogen) atoms. The average molecular weight is 370 g/mol. The SMILES string of the molecule is C=CN(/N=C\C)c1ccc(C)c(CN(C)C)c1.CSc1ccc(C)cc1. The van der Waals surface area contributed by atoms with Gasteiger partial charge in [-0.15, -0.1) is 11.8 Å². The zero-order valence-electron chi connectivity index (χ0n) is 16.9. The average Bonchev–Trinajstić information content (AvgIpc) is 2.62. The van der Waals surface area contributed by atoms with Crippen molar-refractivity contribution >= 4 is 23.7 Å². The fourth-order valence-electron chi connectivity index (χ4n) is 2.33. The summed E-state index contributed by atoms with van der Waals surface area (Å²) in [5.74, 6) is 0. The van der Waals surface area contributed by atoms with Crippen molar-refractivity contribution in [2.24, 2.45) is 5.10 Å². The van der Waals surface area contributed by atoms with Crippen LogP contribution in [0, 0.1) is 13.8 Å². The smallest absolute Gasteiger partial charge is 0.0648 e. The molecule has 0 unspecified atom stereocenters. The van der Waals surface area contributed by atoms with Gasteiger partial charge in [-0.3, -0.25) is 0 Å². The molecule has 0 bridgehead atoms. The molecule has 2 aromatic carbocycles. The van der Waals surface area contributed by atoms with Gasteiger partial charge in [-0.1, -0.05) is 30.3 Å². The minimum Gasteiger partial charge on any atom is -0.305 e. The first-order valence-corrected chi connectivity index (χ1v) is 9.89. The second-order valence-electron chi connectivity index (χ2n) is 6.27. The number of anilines is 1. The molecule has 0 saturated carbocycles. The zero-order valence-corrected chi connectivity index (χ0v) is 17.7. The predicted molar refractivity (Wildman–Crippen MR) is 118 cm³/mol. The molecule has 0 N–H and O–H groups in total. The molecular weight excluding hydrogens is 338 g/mol. The molecule has 0 saturated heterocycles. The molecule has 3 nitrogen and oxygen atoms in total. The van der Waals surface area contributed by atoms with E-state index in [-0.39, 0.29) is 0 Å². The molecule has 2 rings (SSSR count). The summed E-state index contributed by atoms with van der Waals surface area (Å²) in [6.45, 7) is 10.8. The summed E-state index contributed by atoms with van der Waals surface area (Å²) in [5, 5.41) is 6.02. The first-order valence-electron chi connectivity index (χ1n) is 8.66. The monoisotopic (exact) mass is 369 g/mol. The van der Waals surface area contributed by atoms with Crippen LogP contribution >= 0.6 is 11.8 Å². The molecular formula is C22H31N3S. The van der Waals surface area contributed by atoms with Crippen molar-refractivity contribution in [3.63, 3.8) is 0 Å². The molecule has 0 aliphatic rings. The molecule has 0 amide bonds. The van der Waals surface area contributed by atoms with E-state index in [0.29, 0.717) is 0 Å². The van der Waals surface area contributed by atoms with E-state index < -0.39 is 0 Å². The normalized spacial score (nSPS) is 10.6. The largest absolute Gasteiger partial charge is 0.305 e. The quantitative estimate of drug-likeness (QED) is 0.368. The van der Waals surface area contributed by atoms with Crippen molar-refractivity contribution in [2.75, 3.05) is 25.4 Å². The highest BCUT2D eigenvalue weighted by molar-refractivity contribution is 7.98. The summed E-state index contributed by atoms with van der Waals surface area (Å²) in [5.41, 5.74) is 4.98. The molecule has 0 aliphatic carbocycles. The summed E-state index contributed by atoms with van der Waals surface area (Å²) in [7, 11) is 4.14. The Morgan fingerprint density at radius 1 is 1.08 bits per heavy atom. The van der Waals surface area contributed by atoms with E-state index in [1.54, 1.807) is 29.2 Å². The minimum atomic E-state index is 0.931. The Balaban J connectivity index is 0.000000314. The second kappa shape index (κ2) is 11.6. The van der Waals surface area contributed by atoms with Crippen molar-refractivity contribution < 1.29 is 0 Å². The van der Waals surface area contributed by atoms with Crippen LogP contribution in [0.3, 0.4) is 0 Å². The van der Waals surface area contributed by atoms with E-state index in [1.165, 1.54) is 21.6 Å². The Morgan fingerprint density at radius 2 is 1.73 bits per heavy atom. The molecule has 4 heteroatoms. The van der Waals surface area contributed by atoms with Gasteiger partial charge in [0.25, 0.3) is 0 Å². The van der Waals surface area contributed by atoms with Crippen molar-refractivity contribution in [3.8, 4) is 0 Å². The Bertz CT molecular complexity index is 706. The predicted octanol–water partition coefficient (Wildman–Crippen LogP) is 5.73. The van der Waals surface area contributed by atoms with Crippen LogP contribution in [0.1, 0.15) is 23.6 Å². The number of hydrogen-bond donors (Lipinski definition) is 0. The van der Waals surface area contributed by atoms with E-state index in [0.717, 1.165) is 12.2 Å². The van der Waals surface area contributed by atoms with Crippen LogP contribution < -0.4 is 5.01 Å². The van der Waals surface area contributed by atoms with Crippen LogP contribution in [0.15, 0.2) is 65.2 Å². The van der Waals surface area contributed by atoms with Crippen LogP contribution in [0.4, 0.5) is 5.69 Å². The second-order valence-corrected chi connectivity index (χ2v) is 7.15. The highest BCUT2D eigenvalue weighted by atomic mass is 32.2. The molecule has 0 aromatic heterocycles. The van der Waals surface area contributed by atoms with Gasteiger partial charge in [0.2, 0.25) is 0 Å². The van der Waals surface area contributed by atoms with Gasteiger partial charge < -0.3 is 4.90 Å². The molecule has 0 aliphatic heterocycles. The van der Waals surface area contributed by atoms with Gasteiger partial charge in [0.1, 0.15) is 0 Å². The van der Waals surface area contributed by atoms with E-state index >= 15 is 0 Å². The van der Waals surface area contributed by atoms with E-state index in [4.69, 9.17) is 0 Å². The number of hydrazone groups is 1. The molecule has 0 radical (unpaired) electrons. The lowest BCUT2D eigenvalue weighted by Gasteiger charge is -2.18. The molecule has 0 spiro atoms. The number of nitrogens with zero attached hydrogens (tertiary/aromatic N) is 3. The van der Waals surface area contributed by atoms with Crippen LogP contribution in [0.25, 0.3) is 0 Å². The van der Waals surface area contributed by atoms with Crippen molar-refractivity contribution in [2.45, 2.75) is 32.2 Å². The van der Waals surface area contributed by atoms with Crippen LogP contribution in [-0.4, -0.2) is 31.5 Å². The molecule has 0 atom stereocenters. The van der Waals surface area contributed by atoms with Crippen molar-refractivity contribution in [1.29, 1.82) is 0 Å². The summed E-state index contributed by atoms with van der Waals surface area (Å²) in [6, 6.07) is 14.9. The maximum absolute atomic E-state index is 4.24. The Kier molecular flexibility index (Phi) is 9.78. The summed E-state index contributed by atoms with van der Waals surface area (Å²) >= 11 is 1.78. The molecule has 0 heterocycles. The Morgan fingerprint density at radius 3 is 2.23 bits per heavy atom. The topological polar surface area (TPSA) is 18.8 Å². The standard InChI is InChI=1S/C14H21N3.C8H10S/c1-6-15-17(7-2)14-9-8-12(3)13(10-14)11-16(4)5;1-7-3-5-8(9-2)6-4-7/h6-10H,2,11H2,1,3-5H3;3-6H,1-2H3/b15-6-;.